The first-order valence-corrected chi connectivity index (χ1v) is 7.13. The lowest BCUT2D eigenvalue weighted by Gasteiger charge is -2.14. The van der Waals surface area contributed by atoms with Gasteiger partial charge in [0.2, 0.25) is 0 Å². The molecule has 1 aromatic heterocycles. The average molecular weight is 330 g/mol. The second-order valence-corrected chi connectivity index (χ2v) is 5.41. The minimum absolute atomic E-state index is 0.226. The number of alkyl halides is 4. The Morgan fingerprint density at radius 3 is 2.62 bits per heavy atom. The third-order valence-corrected chi connectivity index (χ3v) is 3.55. The first kappa shape index (κ1) is 18.3. The van der Waals surface area contributed by atoms with Crippen molar-refractivity contribution in [2.75, 3.05) is 20.3 Å². The lowest BCUT2D eigenvalue weighted by atomic mass is 10.3. The molecule has 0 aliphatic heterocycles. The van der Waals surface area contributed by atoms with E-state index in [1.54, 1.807) is 0 Å². The Kier molecular flexibility index (Phi) is 7.50. The molecule has 0 radical (unpaired) electrons. The summed E-state index contributed by atoms with van der Waals surface area (Å²) in [6.45, 7) is 2.05. The number of rotatable bonds is 10. The highest BCUT2D eigenvalue weighted by Crippen LogP contribution is 2.25. The largest absolute Gasteiger partial charge is 0.378 e. The minimum atomic E-state index is -4.14. The summed E-state index contributed by atoms with van der Waals surface area (Å²) in [6, 6.07) is 0. The van der Waals surface area contributed by atoms with Crippen LogP contribution in [0.15, 0.2) is 0 Å². The van der Waals surface area contributed by atoms with Crippen molar-refractivity contribution in [1.82, 2.24) is 10.3 Å². The molecule has 9 heteroatoms. The lowest BCUT2D eigenvalue weighted by molar-refractivity contribution is -0.168. The highest BCUT2D eigenvalue weighted by molar-refractivity contribution is 7.11. The van der Waals surface area contributed by atoms with Gasteiger partial charge in [0.15, 0.2) is 0 Å². The van der Waals surface area contributed by atoms with Crippen LogP contribution in [0.2, 0.25) is 0 Å². The molecule has 122 valence electrons. The summed E-state index contributed by atoms with van der Waals surface area (Å²) in [5, 5.41) is 3.59. The van der Waals surface area contributed by atoms with E-state index in [0.717, 1.165) is 11.4 Å². The summed E-state index contributed by atoms with van der Waals surface area (Å²) in [7, 11) is 1.52. The molecular weight excluding hydrogens is 312 g/mol. The maximum absolute atomic E-state index is 12.7. The van der Waals surface area contributed by atoms with Crippen LogP contribution in [0.25, 0.3) is 0 Å². The average Bonchev–Trinajstić information content (AvgIpc) is 2.78. The predicted molar refractivity (Wildman–Crippen MR) is 70.8 cm³/mol. The van der Waals surface area contributed by atoms with Crippen molar-refractivity contribution in [2.24, 2.45) is 0 Å². The molecule has 0 aliphatic carbocycles. The van der Waals surface area contributed by atoms with Gasteiger partial charge in [-0.15, -0.1) is 11.3 Å². The molecule has 0 aliphatic rings. The van der Waals surface area contributed by atoms with E-state index in [-0.39, 0.29) is 6.61 Å². The van der Waals surface area contributed by atoms with Gasteiger partial charge in [0, 0.05) is 18.5 Å². The normalized spacial score (nSPS) is 12.3. The maximum atomic E-state index is 12.7. The molecule has 1 aromatic rings. The predicted octanol–water partition coefficient (Wildman–Crippen LogP) is 2.82. The topological polar surface area (TPSA) is 43.4 Å². The number of methoxy groups -OCH3 is 1. The van der Waals surface area contributed by atoms with Crippen LogP contribution in [-0.2, 0) is 29.2 Å². The third-order valence-electron chi connectivity index (χ3n) is 2.48. The van der Waals surface area contributed by atoms with Gasteiger partial charge in [0.1, 0.15) is 11.6 Å². The van der Waals surface area contributed by atoms with Crippen molar-refractivity contribution in [3.8, 4) is 0 Å². The molecule has 4 nitrogen and oxygen atoms in total. The van der Waals surface area contributed by atoms with Crippen molar-refractivity contribution in [1.29, 1.82) is 0 Å². The zero-order valence-corrected chi connectivity index (χ0v) is 12.6. The summed E-state index contributed by atoms with van der Waals surface area (Å²) < 4.78 is 59.0. The number of nitrogens with zero attached hydrogens (tertiary/aromatic N) is 1. The third kappa shape index (κ3) is 5.85. The quantitative estimate of drug-likeness (QED) is 0.670. The van der Waals surface area contributed by atoms with Crippen LogP contribution < -0.4 is 5.32 Å². The van der Waals surface area contributed by atoms with Gasteiger partial charge in [0.25, 0.3) is 0 Å². The van der Waals surface area contributed by atoms with E-state index in [1.165, 1.54) is 18.4 Å². The molecule has 1 N–H and O–H groups in total. The molecule has 0 saturated carbocycles. The van der Waals surface area contributed by atoms with Crippen LogP contribution in [0.4, 0.5) is 17.6 Å². The fraction of sp³-hybridized carbons (Fsp3) is 0.750. The maximum Gasteiger partial charge on any atom is 0.330 e. The number of hydrogen-bond acceptors (Lipinski definition) is 5. The molecule has 0 spiro atoms. The van der Waals surface area contributed by atoms with Gasteiger partial charge < -0.3 is 14.8 Å². The number of thiazole rings is 1. The SMILES string of the molecule is CCNCc1sc(COCC(F)(F)C(F)F)nc1COC. The van der Waals surface area contributed by atoms with Gasteiger partial charge >= 0.3 is 12.3 Å². The van der Waals surface area contributed by atoms with E-state index in [4.69, 9.17) is 4.74 Å². The molecule has 0 fully saturated rings. The Hall–Kier alpha value is -0.770. The molecule has 0 bridgehead atoms. The molecule has 0 atom stereocenters. The molecule has 0 saturated heterocycles. The Morgan fingerprint density at radius 1 is 1.33 bits per heavy atom. The van der Waals surface area contributed by atoms with E-state index in [0.29, 0.717) is 23.9 Å². The highest BCUT2D eigenvalue weighted by Gasteiger charge is 2.41. The molecule has 1 heterocycles. The Labute approximate surface area is 124 Å². The van der Waals surface area contributed by atoms with Crippen LogP contribution in [0.1, 0.15) is 22.5 Å². The molecule has 1 rings (SSSR count). The van der Waals surface area contributed by atoms with Gasteiger partial charge in [0.05, 0.1) is 18.9 Å². The summed E-state index contributed by atoms with van der Waals surface area (Å²) >= 11 is 1.29. The number of aromatic nitrogens is 1. The van der Waals surface area contributed by atoms with E-state index in [2.05, 4.69) is 15.0 Å². The van der Waals surface area contributed by atoms with Gasteiger partial charge in [-0.05, 0) is 6.54 Å². The van der Waals surface area contributed by atoms with Crippen molar-refractivity contribution in [3.63, 3.8) is 0 Å². The van der Waals surface area contributed by atoms with Crippen molar-refractivity contribution in [2.45, 2.75) is 39.0 Å². The monoisotopic (exact) mass is 330 g/mol. The van der Waals surface area contributed by atoms with Crippen LogP contribution in [0.3, 0.4) is 0 Å². The number of nitrogens with one attached hydrogen (secondary N) is 1. The minimum Gasteiger partial charge on any atom is -0.378 e. The molecular formula is C12H18F4N2O2S. The van der Waals surface area contributed by atoms with E-state index >= 15 is 0 Å². The van der Waals surface area contributed by atoms with E-state index in [9.17, 15) is 17.6 Å². The summed E-state index contributed by atoms with van der Waals surface area (Å²) in [5.41, 5.74) is 0.697. The van der Waals surface area contributed by atoms with E-state index in [1.807, 2.05) is 6.92 Å². The fourth-order valence-electron chi connectivity index (χ4n) is 1.46. The Morgan fingerprint density at radius 2 is 2.05 bits per heavy atom. The van der Waals surface area contributed by atoms with Gasteiger partial charge in [-0.25, -0.2) is 13.8 Å². The fourth-order valence-corrected chi connectivity index (χ4v) is 2.44. The first-order valence-electron chi connectivity index (χ1n) is 6.31. The first-order chi connectivity index (χ1) is 9.90. The van der Waals surface area contributed by atoms with Crippen molar-refractivity contribution in [3.05, 3.63) is 15.6 Å². The van der Waals surface area contributed by atoms with Gasteiger partial charge in [-0.1, -0.05) is 6.92 Å². The number of halogens is 4. The summed E-state index contributed by atoms with van der Waals surface area (Å²) in [5.74, 6) is -4.14. The van der Waals surface area contributed by atoms with Crippen LogP contribution in [0, 0.1) is 0 Å². The summed E-state index contributed by atoms with van der Waals surface area (Å²) in [4.78, 5) is 5.13. The lowest BCUT2D eigenvalue weighted by Crippen LogP contribution is -2.32. The second-order valence-electron chi connectivity index (χ2n) is 4.25. The van der Waals surface area contributed by atoms with Crippen molar-refractivity contribution >= 4 is 11.3 Å². The zero-order chi connectivity index (χ0) is 15.9. The van der Waals surface area contributed by atoms with Crippen molar-refractivity contribution < 1.29 is 27.0 Å². The zero-order valence-electron chi connectivity index (χ0n) is 11.8. The molecule has 0 unspecified atom stereocenters. The second kappa shape index (κ2) is 8.62. The highest BCUT2D eigenvalue weighted by atomic mass is 32.1. The smallest absolute Gasteiger partial charge is 0.330 e. The van der Waals surface area contributed by atoms with Crippen LogP contribution in [0.5, 0.6) is 0 Å². The molecule has 0 aromatic carbocycles. The van der Waals surface area contributed by atoms with Crippen LogP contribution in [-0.4, -0.2) is 37.6 Å². The standard InChI is InChI=1S/C12H18F4N2O2S/c1-3-17-4-9-8(5-19-2)18-10(21-9)6-20-7-12(15,16)11(13)14/h11,17H,3-7H2,1-2H3. The number of hydrogen-bond donors (Lipinski definition) is 1. The van der Waals surface area contributed by atoms with E-state index < -0.39 is 19.0 Å². The Balaban J connectivity index is 2.58. The Bertz CT molecular complexity index is 429. The van der Waals surface area contributed by atoms with Crippen LogP contribution >= 0.6 is 11.3 Å². The number of ether oxygens (including phenoxy) is 2. The van der Waals surface area contributed by atoms with Gasteiger partial charge in [-0.2, -0.15) is 8.78 Å². The summed E-state index contributed by atoms with van der Waals surface area (Å²) in [6.07, 6.45) is -3.73. The van der Waals surface area contributed by atoms with Gasteiger partial charge in [-0.3, -0.25) is 0 Å². The molecule has 0 amide bonds. The molecule has 21 heavy (non-hydrogen) atoms.